The molecule has 0 aromatic rings. The van der Waals surface area contributed by atoms with Crippen LogP contribution in [0.15, 0.2) is 0 Å². The highest BCUT2D eigenvalue weighted by molar-refractivity contribution is 7.99. The van der Waals surface area contributed by atoms with Crippen molar-refractivity contribution < 1.29 is 19.1 Å². The molecule has 21 heavy (non-hydrogen) atoms. The fraction of sp³-hybridized carbons (Fsp3) is 0.846. The second kappa shape index (κ2) is 8.87. The molecule has 120 valence electrons. The first-order valence-corrected chi connectivity index (χ1v) is 9.35. The highest BCUT2D eigenvalue weighted by Crippen LogP contribution is 2.23. The van der Waals surface area contributed by atoms with Gasteiger partial charge < -0.3 is 19.3 Å². The Hall–Kier alpha value is -0.440. The summed E-state index contributed by atoms with van der Waals surface area (Å²) in [5.41, 5.74) is 0. The van der Waals surface area contributed by atoms with Crippen LogP contribution in [-0.2, 0) is 19.1 Å². The molecule has 0 spiro atoms. The first kappa shape index (κ1) is 16.9. The van der Waals surface area contributed by atoms with Crippen LogP contribution >= 0.6 is 23.5 Å². The topological polar surface area (TPSA) is 59.1 Å². The number of ether oxygens (including phenoxy) is 2. The summed E-state index contributed by atoms with van der Waals surface area (Å²) in [4.78, 5) is 28.3. The van der Waals surface area contributed by atoms with Gasteiger partial charge in [0.15, 0.2) is 0 Å². The van der Waals surface area contributed by atoms with Crippen molar-refractivity contribution in [3.05, 3.63) is 0 Å². The lowest BCUT2D eigenvalue weighted by Gasteiger charge is -2.31. The first-order valence-electron chi connectivity index (χ1n) is 7.04. The summed E-state index contributed by atoms with van der Waals surface area (Å²) in [5, 5.41) is 0. The highest BCUT2D eigenvalue weighted by Gasteiger charge is 2.37. The number of carbonyl (C=O) groups excluding carboxylic acids is 2. The lowest BCUT2D eigenvalue weighted by Crippen LogP contribution is -2.51. The van der Waals surface area contributed by atoms with E-state index in [-0.39, 0.29) is 24.5 Å². The molecule has 0 aromatic carbocycles. The molecular formula is C13H22N2O4S2. The van der Waals surface area contributed by atoms with Gasteiger partial charge >= 0.3 is 0 Å². The van der Waals surface area contributed by atoms with Crippen molar-refractivity contribution >= 4 is 35.3 Å². The largest absolute Gasteiger partial charge is 0.382 e. The highest BCUT2D eigenvalue weighted by atomic mass is 32.2. The molecule has 0 saturated carbocycles. The van der Waals surface area contributed by atoms with Crippen molar-refractivity contribution in [2.45, 2.75) is 6.04 Å². The third kappa shape index (κ3) is 4.77. The van der Waals surface area contributed by atoms with Crippen LogP contribution in [0.4, 0.5) is 0 Å². The van der Waals surface area contributed by atoms with Gasteiger partial charge in [-0.25, -0.2) is 0 Å². The Kier molecular flexibility index (Phi) is 7.15. The van der Waals surface area contributed by atoms with Crippen molar-refractivity contribution in [2.75, 3.05) is 63.2 Å². The zero-order valence-electron chi connectivity index (χ0n) is 12.3. The minimum absolute atomic E-state index is 0.0174. The quantitative estimate of drug-likeness (QED) is 0.644. The molecule has 0 aromatic heterocycles. The maximum absolute atomic E-state index is 12.5. The number of carbonyl (C=O) groups is 2. The van der Waals surface area contributed by atoms with E-state index in [9.17, 15) is 9.59 Å². The van der Waals surface area contributed by atoms with Gasteiger partial charge in [0.25, 0.3) is 0 Å². The average Bonchev–Trinajstić information content (AvgIpc) is 3.01. The smallest absolute Gasteiger partial charge is 0.249 e. The minimum atomic E-state index is -0.323. The van der Waals surface area contributed by atoms with Crippen LogP contribution in [-0.4, -0.2) is 90.8 Å². The van der Waals surface area contributed by atoms with Crippen LogP contribution < -0.4 is 0 Å². The minimum Gasteiger partial charge on any atom is -0.382 e. The van der Waals surface area contributed by atoms with E-state index in [1.54, 1.807) is 23.8 Å². The Morgan fingerprint density at radius 2 is 1.95 bits per heavy atom. The van der Waals surface area contributed by atoms with Gasteiger partial charge in [0.2, 0.25) is 11.8 Å². The number of nitrogens with zero attached hydrogens (tertiary/aromatic N) is 2. The summed E-state index contributed by atoms with van der Waals surface area (Å²) in [7, 11) is 1.59. The van der Waals surface area contributed by atoms with E-state index in [4.69, 9.17) is 9.47 Å². The summed E-state index contributed by atoms with van der Waals surface area (Å²) in [6.45, 7) is 2.46. The number of rotatable bonds is 6. The first-order chi connectivity index (χ1) is 10.2. The molecule has 2 aliphatic rings. The Morgan fingerprint density at radius 3 is 2.67 bits per heavy atom. The second-order valence-electron chi connectivity index (χ2n) is 4.86. The fourth-order valence-electron chi connectivity index (χ4n) is 2.27. The van der Waals surface area contributed by atoms with E-state index in [0.717, 1.165) is 24.6 Å². The maximum Gasteiger partial charge on any atom is 0.249 e. The van der Waals surface area contributed by atoms with Gasteiger partial charge in [0.1, 0.15) is 12.6 Å². The molecular weight excluding hydrogens is 312 g/mol. The Morgan fingerprint density at radius 1 is 1.19 bits per heavy atom. The maximum atomic E-state index is 12.5. The third-order valence-electron chi connectivity index (χ3n) is 3.47. The predicted octanol–water partition coefficient (Wildman–Crippen LogP) is 0.126. The number of amides is 2. The monoisotopic (exact) mass is 334 g/mol. The van der Waals surface area contributed by atoms with Crippen LogP contribution in [0.5, 0.6) is 0 Å². The fourth-order valence-corrected chi connectivity index (χ4v) is 4.35. The lowest BCUT2D eigenvalue weighted by atomic mass is 10.2. The summed E-state index contributed by atoms with van der Waals surface area (Å²) in [6, 6.07) is -0.323. The number of methoxy groups -OCH3 is 1. The van der Waals surface area contributed by atoms with E-state index in [2.05, 4.69) is 0 Å². The molecule has 8 heteroatoms. The lowest BCUT2D eigenvalue weighted by molar-refractivity contribution is -0.145. The van der Waals surface area contributed by atoms with Crippen LogP contribution in [0.3, 0.4) is 0 Å². The van der Waals surface area contributed by atoms with Crippen molar-refractivity contribution in [1.82, 2.24) is 9.80 Å². The molecule has 1 atom stereocenters. The van der Waals surface area contributed by atoms with Crippen LogP contribution in [0, 0.1) is 0 Å². The molecule has 0 bridgehead atoms. The van der Waals surface area contributed by atoms with E-state index in [1.165, 1.54) is 0 Å². The van der Waals surface area contributed by atoms with Gasteiger partial charge in [-0.1, -0.05) is 0 Å². The molecule has 2 saturated heterocycles. The molecule has 0 N–H and O–H groups in total. The summed E-state index contributed by atoms with van der Waals surface area (Å²) in [6.07, 6.45) is 0. The van der Waals surface area contributed by atoms with Crippen molar-refractivity contribution in [2.24, 2.45) is 0 Å². The SMILES string of the molecule is COCCOCC(=O)N1CSCC1C(=O)N1CCSCC1. The molecule has 2 amide bonds. The molecule has 0 radical (unpaired) electrons. The Balaban J connectivity index is 1.83. The molecule has 2 aliphatic heterocycles. The zero-order chi connectivity index (χ0) is 15.1. The second-order valence-corrected chi connectivity index (χ2v) is 7.09. The van der Waals surface area contributed by atoms with Gasteiger partial charge in [-0.15, -0.1) is 11.8 Å². The van der Waals surface area contributed by atoms with Crippen molar-refractivity contribution in [1.29, 1.82) is 0 Å². The van der Waals surface area contributed by atoms with Crippen LogP contribution in [0.2, 0.25) is 0 Å². The standard InChI is InChI=1S/C13H22N2O4S2/c1-18-4-5-19-8-12(16)15-10-21-9-11(15)13(17)14-2-6-20-7-3-14/h11H,2-10H2,1H3. The molecule has 6 nitrogen and oxygen atoms in total. The number of thioether (sulfide) groups is 2. The molecule has 2 fully saturated rings. The molecule has 1 unspecified atom stereocenters. The summed E-state index contributed by atoms with van der Waals surface area (Å²) < 4.78 is 10.1. The van der Waals surface area contributed by atoms with Crippen LogP contribution in [0.1, 0.15) is 0 Å². The van der Waals surface area contributed by atoms with E-state index in [1.807, 2.05) is 16.7 Å². The van der Waals surface area contributed by atoms with Gasteiger partial charge in [0, 0.05) is 37.5 Å². The normalized spacial score (nSPS) is 22.6. The van der Waals surface area contributed by atoms with E-state index < -0.39 is 0 Å². The number of hydrogen-bond donors (Lipinski definition) is 0. The average molecular weight is 334 g/mol. The molecule has 0 aliphatic carbocycles. The summed E-state index contributed by atoms with van der Waals surface area (Å²) in [5.74, 6) is 3.21. The molecule has 2 heterocycles. The van der Waals surface area contributed by atoms with Crippen molar-refractivity contribution in [3.63, 3.8) is 0 Å². The van der Waals surface area contributed by atoms with Gasteiger partial charge in [-0.2, -0.15) is 11.8 Å². The summed E-state index contributed by atoms with van der Waals surface area (Å²) >= 11 is 3.50. The van der Waals surface area contributed by atoms with Gasteiger partial charge in [0.05, 0.1) is 19.1 Å². The van der Waals surface area contributed by atoms with E-state index in [0.29, 0.717) is 24.8 Å². The Labute approximate surface area is 133 Å². The third-order valence-corrected chi connectivity index (χ3v) is 5.42. The zero-order valence-corrected chi connectivity index (χ0v) is 13.9. The predicted molar refractivity (Wildman–Crippen MR) is 84.6 cm³/mol. The molecule has 2 rings (SSSR count). The van der Waals surface area contributed by atoms with Crippen molar-refractivity contribution in [3.8, 4) is 0 Å². The van der Waals surface area contributed by atoms with Gasteiger partial charge in [-0.05, 0) is 0 Å². The van der Waals surface area contributed by atoms with Crippen LogP contribution in [0.25, 0.3) is 0 Å². The number of hydrogen-bond acceptors (Lipinski definition) is 6. The Bertz CT molecular complexity index is 364. The van der Waals surface area contributed by atoms with Gasteiger partial charge in [-0.3, -0.25) is 9.59 Å². The van der Waals surface area contributed by atoms with E-state index >= 15 is 0 Å².